The van der Waals surface area contributed by atoms with Crippen LogP contribution in [0.15, 0.2) is 59.5 Å². The molecule has 1 saturated heterocycles. The van der Waals surface area contributed by atoms with Gasteiger partial charge < -0.3 is 10.1 Å². The number of nitrogens with one attached hydrogen (secondary N) is 1. The zero-order valence-electron chi connectivity index (χ0n) is 17.7. The van der Waals surface area contributed by atoms with Gasteiger partial charge in [0.25, 0.3) is 11.1 Å². The molecule has 3 rings (SSSR count). The minimum Gasteiger partial charge on any atom is -0.465 e. The zero-order valence-corrected chi connectivity index (χ0v) is 18.5. The molecule has 2 aromatic carbocycles. The Morgan fingerprint density at radius 2 is 1.69 bits per heavy atom. The normalized spacial score (nSPS) is 14.9. The first-order valence-corrected chi connectivity index (χ1v) is 10.7. The Bertz CT molecular complexity index is 1090. The highest BCUT2D eigenvalue weighted by Crippen LogP contribution is 2.31. The Morgan fingerprint density at radius 1 is 1.03 bits per heavy atom. The Morgan fingerprint density at radius 3 is 2.34 bits per heavy atom. The van der Waals surface area contributed by atoms with Crippen molar-refractivity contribution in [3.8, 4) is 0 Å². The maximum atomic E-state index is 12.5. The van der Waals surface area contributed by atoms with Crippen LogP contribution in [0.5, 0.6) is 0 Å². The molecule has 0 bridgehead atoms. The van der Waals surface area contributed by atoms with Gasteiger partial charge in [-0.2, -0.15) is 0 Å². The molecule has 3 amide bonds. The second-order valence-corrected chi connectivity index (χ2v) is 7.98. The number of aryl methyl sites for hydroxylation is 1. The lowest BCUT2D eigenvalue weighted by Gasteiger charge is -2.12. The van der Waals surface area contributed by atoms with Crippen molar-refractivity contribution in [3.63, 3.8) is 0 Å². The van der Waals surface area contributed by atoms with Crippen molar-refractivity contribution in [2.45, 2.75) is 6.92 Å². The largest absolute Gasteiger partial charge is 0.465 e. The molecule has 7 nitrogen and oxygen atoms in total. The SMILES string of the molecule is COC(=O)c1ccc(/C=C/C(=O)NCCN2C(=O)S/C(=C\c3ccc(C)cc3)C2=O)cc1. The van der Waals surface area contributed by atoms with Crippen LogP contribution in [0.2, 0.25) is 0 Å². The Kier molecular flexibility index (Phi) is 7.62. The number of ether oxygens (including phenoxy) is 1. The maximum absolute atomic E-state index is 12.5. The number of carbonyl (C=O) groups is 4. The van der Waals surface area contributed by atoms with Gasteiger partial charge >= 0.3 is 5.97 Å². The molecule has 0 aliphatic carbocycles. The van der Waals surface area contributed by atoms with Crippen molar-refractivity contribution in [1.29, 1.82) is 0 Å². The van der Waals surface area contributed by atoms with Gasteiger partial charge in [-0.3, -0.25) is 19.3 Å². The molecule has 1 heterocycles. The summed E-state index contributed by atoms with van der Waals surface area (Å²) in [5, 5.41) is 2.30. The van der Waals surface area contributed by atoms with Crippen LogP contribution in [0.3, 0.4) is 0 Å². The van der Waals surface area contributed by atoms with E-state index in [1.165, 1.54) is 13.2 Å². The average molecular weight is 451 g/mol. The first kappa shape index (κ1) is 23.0. The molecule has 0 unspecified atom stereocenters. The van der Waals surface area contributed by atoms with E-state index in [0.29, 0.717) is 10.5 Å². The summed E-state index contributed by atoms with van der Waals surface area (Å²) in [7, 11) is 1.31. The molecule has 1 aliphatic rings. The standard InChI is InChI=1S/C24H22N2O5S/c1-16-3-5-18(6-4-16)15-20-22(28)26(24(30)32-20)14-13-25-21(27)12-9-17-7-10-19(11-8-17)23(29)31-2/h3-12,15H,13-14H2,1-2H3,(H,25,27)/b12-9+,20-15-. The van der Waals surface area contributed by atoms with Gasteiger partial charge in [-0.05, 0) is 54.1 Å². The third-order valence-electron chi connectivity index (χ3n) is 4.64. The van der Waals surface area contributed by atoms with Gasteiger partial charge in [0.1, 0.15) is 0 Å². The highest BCUT2D eigenvalue weighted by Gasteiger charge is 2.34. The fraction of sp³-hybridized carbons (Fsp3) is 0.167. The third kappa shape index (κ3) is 5.95. The molecule has 0 atom stereocenters. The van der Waals surface area contributed by atoms with Gasteiger partial charge in [0.15, 0.2) is 0 Å². The van der Waals surface area contributed by atoms with E-state index in [2.05, 4.69) is 10.1 Å². The molecular formula is C24H22N2O5S. The number of hydrogen-bond acceptors (Lipinski definition) is 6. The van der Waals surface area contributed by atoms with Crippen LogP contribution in [-0.2, 0) is 14.3 Å². The van der Waals surface area contributed by atoms with Gasteiger partial charge in [0.05, 0.1) is 17.6 Å². The molecule has 1 aliphatic heterocycles. The van der Waals surface area contributed by atoms with Gasteiger partial charge in [-0.25, -0.2) is 4.79 Å². The second kappa shape index (κ2) is 10.6. The Balaban J connectivity index is 1.50. The van der Waals surface area contributed by atoms with Crippen LogP contribution in [-0.4, -0.2) is 48.1 Å². The zero-order chi connectivity index (χ0) is 23.1. The first-order chi connectivity index (χ1) is 15.4. The number of carbonyl (C=O) groups excluding carboxylic acids is 4. The van der Waals surface area contributed by atoms with Crippen molar-refractivity contribution in [1.82, 2.24) is 10.2 Å². The molecule has 0 radical (unpaired) electrons. The number of rotatable bonds is 7. The number of thioether (sulfide) groups is 1. The first-order valence-electron chi connectivity index (χ1n) is 9.83. The number of amides is 3. The summed E-state index contributed by atoms with van der Waals surface area (Å²) >= 11 is 0.891. The molecule has 2 aromatic rings. The Hall–Kier alpha value is -3.65. The summed E-state index contributed by atoms with van der Waals surface area (Å²) in [6, 6.07) is 14.2. The summed E-state index contributed by atoms with van der Waals surface area (Å²) < 4.78 is 4.64. The molecular weight excluding hydrogens is 428 g/mol. The highest BCUT2D eigenvalue weighted by molar-refractivity contribution is 8.18. The van der Waals surface area contributed by atoms with Crippen LogP contribution in [0.1, 0.15) is 27.0 Å². The van der Waals surface area contributed by atoms with Crippen molar-refractivity contribution >= 4 is 46.9 Å². The van der Waals surface area contributed by atoms with Crippen LogP contribution < -0.4 is 5.32 Å². The van der Waals surface area contributed by atoms with Gasteiger partial charge in [0, 0.05) is 19.2 Å². The fourth-order valence-corrected chi connectivity index (χ4v) is 3.74. The molecule has 164 valence electrons. The lowest BCUT2D eigenvalue weighted by atomic mass is 10.1. The van der Waals surface area contributed by atoms with E-state index >= 15 is 0 Å². The van der Waals surface area contributed by atoms with Crippen LogP contribution in [0.25, 0.3) is 12.2 Å². The van der Waals surface area contributed by atoms with Gasteiger partial charge in [0.2, 0.25) is 5.91 Å². The van der Waals surface area contributed by atoms with E-state index in [4.69, 9.17) is 0 Å². The molecule has 8 heteroatoms. The lowest BCUT2D eigenvalue weighted by molar-refractivity contribution is -0.123. The van der Waals surface area contributed by atoms with Crippen molar-refractivity contribution in [3.05, 3.63) is 81.8 Å². The predicted molar refractivity (Wildman–Crippen MR) is 124 cm³/mol. The second-order valence-electron chi connectivity index (χ2n) is 6.98. The van der Waals surface area contributed by atoms with E-state index in [-0.39, 0.29) is 30.1 Å². The summed E-state index contributed by atoms with van der Waals surface area (Å²) in [6.07, 6.45) is 4.64. The fourth-order valence-electron chi connectivity index (χ4n) is 2.88. The van der Waals surface area contributed by atoms with Gasteiger partial charge in [-0.1, -0.05) is 42.0 Å². The van der Waals surface area contributed by atoms with Crippen LogP contribution >= 0.6 is 11.8 Å². The molecule has 0 saturated carbocycles. The van der Waals surface area contributed by atoms with Crippen molar-refractivity contribution < 1.29 is 23.9 Å². The maximum Gasteiger partial charge on any atom is 0.337 e. The number of imide groups is 1. The summed E-state index contributed by atoms with van der Waals surface area (Å²) in [5.41, 5.74) is 3.11. The van der Waals surface area contributed by atoms with E-state index in [9.17, 15) is 19.2 Å². The lowest BCUT2D eigenvalue weighted by Crippen LogP contribution is -2.36. The highest BCUT2D eigenvalue weighted by atomic mass is 32.2. The minimum atomic E-state index is -0.431. The van der Waals surface area contributed by atoms with E-state index in [1.54, 1.807) is 36.4 Å². The van der Waals surface area contributed by atoms with Crippen LogP contribution in [0, 0.1) is 6.92 Å². The monoisotopic (exact) mass is 450 g/mol. The Labute approximate surface area is 190 Å². The molecule has 0 aromatic heterocycles. The summed E-state index contributed by atoms with van der Waals surface area (Å²) in [6.45, 7) is 2.20. The topological polar surface area (TPSA) is 92.8 Å². The smallest absolute Gasteiger partial charge is 0.337 e. The minimum absolute atomic E-state index is 0.0866. The number of esters is 1. The van der Waals surface area contributed by atoms with Crippen LogP contribution in [0.4, 0.5) is 4.79 Å². The summed E-state index contributed by atoms with van der Waals surface area (Å²) in [4.78, 5) is 49.7. The van der Waals surface area contributed by atoms with Crippen molar-refractivity contribution in [2.75, 3.05) is 20.2 Å². The number of hydrogen-bond donors (Lipinski definition) is 1. The molecule has 32 heavy (non-hydrogen) atoms. The summed E-state index contributed by atoms with van der Waals surface area (Å²) in [5.74, 6) is -1.15. The van der Waals surface area contributed by atoms with Gasteiger partial charge in [-0.15, -0.1) is 0 Å². The molecule has 1 N–H and O–H groups in total. The van der Waals surface area contributed by atoms with Crippen molar-refractivity contribution in [2.24, 2.45) is 0 Å². The molecule has 0 spiro atoms. The number of methoxy groups -OCH3 is 1. The number of benzene rings is 2. The van der Waals surface area contributed by atoms with E-state index < -0.39 is 5.97 Å². The quantitative estimate of drug-likeness (QED) is 0.511. The van der Waals surface area contributed by atoms with E-state index in [0.717, 1.165) is 33.4 Å². The molecule has 1 fully saturated rings. The predicted octanol–water partition coefficient (Wildman–Crippen LogP) is 3.65. The number of nitrogens with zero attached hydrogens (tertiary/aromatic N) is 1. The van der Waals surface area contributed by atoms with E-state index in [1.807, 2.05) is 31.2 Å². The third-order valence-corrected chi connectivity index (χ3v) is 5.55. The average Bonchev–Trinajstić information content (AvgIpc) is 3.06.